The third-order valence-electron chi connectivity index (χ3n) is 7.69. The molecule has 1 aromatic rings. The number of carbonyl (C=O) groups excluding carboxylic acids is 2. The monoisotopic (exact) mass is 498 g/mol. The molecular formula is C25H30ClF3N2O3. The summed E-state index contributed by atoms with van der Waals surface area (Å²) in [6.07, 6.45) is -2.61. The second-order valence-corrected chi connectivity index (χ2v) is 10.7. The third kappa shape index (κ3) is 4.47. The van der Waals surface area contributed by atoms with E-state index in [1.54, 1.807) is 11.0 Å². The van der Waals surface area contributed by atoms with Gasteiger partial charge in [-0.3, -0.25) is 9.59 Å². The number of piperidine rings is 1. The fraction of sp³-hybridized carbons (Fsp3) is 0.600. The van der Waals surface area contributed by atoms with E-state index in [9.17, 15) is 22.8 Å². The summed E-state index contributed by atoms with van der Waals surface area (Å²) in [5, 5.41) is 0.593. The van der Waals surface area contributed by atoms with Crippen molar-refractivity contribution in [2.24, 2.45) is 11.3 Å². The smallest absolute Gasteiger partial charge is 0.375 e. The van der Waals surface area contributed by atoms with Crippen LogP contribution in [0.15, 0.2) is 36.9 Å². The number of likely N-dealkylation sites (tertiary alicyclic amines) is 2. The van der Waals surface area contributed by atoms with Gasteiger partial charge < -0.3 is 14.5 Å². The number of ether oxygens (including phenoxy) is 1. The summed E-state index contributed by atoms with van der Waals surface area (Å²) in [7, 11) is 0. The molecule has 1 spiro atoms. The highest BCUT2D eigenvalue weighted by Crippen LogP contribution is 2.53. The minimum Gasteiger partial charge on any atom is -0.375 e. The SMILES string of the molecule is C=CC(=O)N1CC2(CCN(C(=O)[C@H]3COC(C)(C)C[C@@H]3c3ccccc3Cl)CC2)[C@H]1C(F)(F)F. The standard InChI is InChI=1S/C25H30ClF3N2O3/c1-4-20(32)31-15-24(22(31)25(27,28)29)9-11-30(12-10-24)21(33)18-14-34-23(2,3)13-17(18)16-7-5-6-8-19(16)26/h4-8,17-18,22H,1,9-15H2,2-3H3/t17-,18+,22+/m1/s1. The van der Waals surface area contributed by atoms with Crippen LogP contribution in [-0.4, -0.2) is 65.7 Å². The predicted molar refractivity (Wildman–Crippen MR) is 122 cm³/mol. The lowest BCUT2D eigenvalue weighted by molar-refractivity contribution is -0.264. The lowest BCUT2D eigenvalue weighted by atomic mass is 9.64. The number of carbonyl (C=O) groups is 2. The van der Waals surface area contributed by atoms with E-state index in [4.69, 9.17) is 16.3 Å². The zero-order valence-electron chi connectivity index (χ0n) is 19.4. The van der Waals surface area contributed by atoms with Gasteiger partial charge in [-0.2, -0.15) is 13.2 Å². The zero-order valence-corrected chi connectivity index (χ0v) is 20.2. The van der Waals surface area contributed by atoms with Crippen molar-refractivity contribution >= 4 is 23.4 Å². The van der Waals surface area contributed by atoms with Crippen molar-refractivity contribution in [3.63, 3.8) is 0 Å². The van der Waals surface area contributed by atoms with Gasteiger partial charge in [-0.1, -0.05) is 36.4 Å². The highest BCUT2D eigenvalue weighted by molar-refractivity contribution is 6.31. The number of benzene rings is 1. The van der Waals surface area contributed by atoms with Crippen LogP contribution in [0.3, 0.4) is 0 Å². The molecular weight excluding hydrogens is 469 g/mol. The number of hydrogen-bond donors (Lipinski definition) is 0. The van der Waals surface area contributed by atoms with Crippen LogP contribution in [0.1, 0.15) is 44.6 Å². The number of rotatable bonds is 3. The summed E-state index contributed by atoms with van der Waals surface area (Å²) in [5.74, 6) is -1.43. The predicted octanol–water partition coefficient (Wildman–Crippen LogP) is 4.81. The molecule has 1 aromatic carbocycles. The number of nitrogens with zero attached hydrogens (tertiary/aromatic N) is 2. The molecule has 3 aliphatic heterocycles. The van der Waals surface area contributed by atoms with Crippen molar-refractivity contribution in [2.75, 3.05) is 26.2 Å². The van der Waals surface area contributed by atoms with E-state index in [1.165, 1.54) is 0 Å². The Labute approximate surface area is 202 Å². The molecule has 0 saturated carbocycles. The fourth-order valence-electron chi connectivity index (χ4n) is 5.93. The van der Waals surface area contributed by atoms with Gasteiger partial charge in [-0.25, -0.2) is 0 Å². The average Bonchev–Trinajstić information content (AvgIpc) is 2.75. The summed E-state index contributed by atoms with van der Waals surface area (Å²) in [5.41, 5.74) is -0.581. The van der Waals surface area contributed by atoms with Crippen molar-refractivity contribution in [3.8, 4) is 0 Å². The molecule has 4 rings (SSSR count). The van der Waals surface area contributed by atoms with Crippen LogP contribution < -0.4 is 0 Å². The molecule has 3 aliphatic rings. The van der Waals surface area contributed by atoms with E-state index in [0.717, 1.165) is 16.5 Å². The molecule has 0 aliphatic carbocycles. The van der Waals surface area contributed by atoms with Crippen molar-refractivity contribution < 1.29 is 27.5 Å². The van der Waals surface area contributed by atoms with Crippen LogP contribution in [0.25, 0.3) is 0 Å². The maximum atomic E-state index is 13.8. The normalized spacial score (nSPS) is 28.4. The molecule has 0 unspecified atom stereocenters. The Bertz CT molecular complexity index is 972. The number of hydrogen-bond acceptors (Lipinski definition) is 3. The van der Waals surface area contributed by atoms with Crippen LogP contribution in [-0.2, 0) is 14.3 Å². The average molecular weight is 499 g/mol. The molecule has 0 N–H and O–H groups in total. The van der Waals surface area contributed by atoms with Gasteiger partial charge in [0.1, 0.15) is 6.04 Å². The van der Waals surface area contributed by atoms with Gasteiger partial charge in [0.05, 0.1) is 18.1 Å². The van der Waals surface area contributed by atoms with Crippen molar-refractivity contribution in [1.82, 2.24) is 9.80 Å². The van der Waals surface area contributed by atoms with Crippen LogP contribution >= 0.6 is 11.6 Å². The van der Waals surface area contributed by atoms with E-state index in [2.05, 4.69) is 6.58 Å². The maximum absolute atomic E-state index is 13.8. The van der Waals surface area contributed by atoms with E-state index in [1.807, 2.05) is 32.0 Å². The molecule has 2 amide bonds. The molecule has 3 atom stereocenters. The molecule has 3 heterocycles. The van der Waals surface area contributed by atoms with Gasteiger partial charge in [-0.15, -0.1) is 0 Å². The number of halogens is 4. The van der Waals surface area contributed by atoms with Crippen LogP contribution in [0, 0.1) is 11.3 Å². The van der Waals surface area contributed by atoms with E-state index < -0.39 is 35.1 Å². The van der Waals surface area contributed by atoms with Crippen molar-refractivity contribution in [2.45, 2.75) is 56.8 Å². The quantitative estimate of drug-likeness (QED) is 0.562. The Balaban J connectivity index is 1.50. The Kier molecular flexibility index (Phi) is 6.53. The van der Waals surface area contributed by atoms with Crippen LogP contribution in [0.5, 0.6) is 0 Å². The van der Waals surface area contributed by atoms with Gasteiger partial charge in [0.2, 0.25) is 11.8 Å². The highest BCUT2D eigenvalue weighted by atomic mass is 35.5. The van der Waals surface area contributed by atoms with Crippen LogP contribution in [0.2, 0.25) is 5.02 Å². The summed E-state index contributed by atoms with van der Waals surface area (Å²) in [4.78, 5) is 28.0. The minimum atomic E-state index is -4.53. The van der Waals surface area contributed by atoms with Gasteiger partial charge in [0.15, 0.2) is 0 Å². The van der Waals surface area contributed by atoms with E-state index in [-0.39, 0.29) is 50.9 Å². The second kappa shape index (κ2) is 8.86. The van der Waals surface area contributed by atoms with Gasteiger partial charge in [-0.05, 0) is 50.8 Å². The molecule has 3 fully saturated rings. The van der Waals surface area contributed by atoms with E-state index in [0.29, 0.717) is 11.4 Å². The topological polar surface area (TPSA) is 49.9 Å². The van der Waals surface area contributed by atoms with Crippen molar-refractivity contribution in [1.29, 1.82) is 0 Å². The lowest BCUT2D eigenvalue weighted by Gasteiger charge is -2.60. The maximum Gasteiger partial charge on any atom is 0.409 e. The summed E-state index contributed by atoms with van der Waals surface area (Å²) in [6, 6.07) is 5.62. The Morgan fingerprint density at radius 1 is 1.21 bits per heavy atom. The van der Waals surface area contributed by atoms with Gasteiger partial charge >= 0.3 is 6.18 Å². The lowest BCUT2D eigenvalue weighted by Crippen LogP contribution is -2.73. The first-order valence-corrected chi connectivity index (χ1v) is 11.9. The second-order valence-electron chi connectivity index (χ2n) is 10.3. The minimum absolute atomic E-state index is 0.0348. The molecule has 3 saturated heterocycles. The molecule has 9 heteroatoms. The number of amides is 2. The fourth-order valence-corrected chi connectivity index (χ4v) is 6.20. The Hall–Kier alpha value is -2.06. The first kappa shape index (κ1) is 25.0. The Morgan fingerprint density at radius 2 is 1.85 bits per heavy atom. The molecule has 0 aromatic heterocycles. The van der Waals surface area contributed by atoms with Crippen molar-refractivity contribution in [3.05, 3.63) is 47.5 Å². The first-order valence-electron chi connectivity index (χ1n) is 11.6. The third-order valence-corrected chi connectivity index (χ3v) is 8.03. The van der Waals surface area contributed by atoms with Crippen LogP contribution in [0.4, 0.5) is 13.2 Å². The molecule has 5 nitrogen and oxygen atoms in total. The molecule has 0 radical (unpaired) electrons. The number of alkyl halides is 3. The highest BCUT2D eigenvalue weighted by Gasteiger charge is 2.65. The first-order chi connectivity index (χ1) is 15.9. The summed E-state index contributed by atoms with van der Waals surface area (Å²) in [6.45, 7) is 7.98. The molecule has 186 valence electrons. The molecule has 34 heavy (non-hydrogen) atoms. The zero-order chi connectivity index (χ0) is 24.9. The van der Waals surface area contributed by atoms with Gasteiger partial charge in [0, 0.05) is 36.0 Å². The Morgan fingerprint density at radius 3 is 2.44 bits per heavy atom. The largest absolute Gasteiger partial charge is 0.409 e. The van der Waals surface area contributed by atoms with E-state index >= 15 is 0 Å². The summed E-state index contributed by atoms with van der Waals surface area (Å²) < 4.78 is 47.5. The molecule has 0 bridgehead atoms. The van der Waals surface area contributed by atoms with Gasteiger partial charge in [0.25, 0.3) is 0 Å². The summed E-state index contributed by atoms with van der Waals surface area (Å²) >= 11 is 6.47.